The van der Waals surface area contributed by atoms with Gasteiger partial charge < -0.3 is 5.32 Å². The zero-order valence-electron chi connectivity index (χ0n) is 13.4. The van der Waals surface area contributed by atoms with E-state index >= 15 is 0 Å². The lowest BCUT2D eigenvalue weighted by atomic mass is 9.92. The second kappa shape index (κ2) is 5.77. The Kier molecular flexibility index (Phi) is 3.57. The van der Waals surface area contributed by atoms with Crippen LogP contribution in [0.4, 0.5) is 8.78 Å². The number of rotatable bonds is 2. The maximum absolute atomic E-state index is 14.2. The molecule has 25 heavy (non-hydrogen) atoms. The number of nitrogens with one attached hydrogen (secondary N) is 1. The first kappa shape index (κ1) is 15.4. The second-order valence-electron chi connectivity index (χ2n) is 6.05. The zero-order chi connectivity index (χ0) is 17.6. The minimum atomic E-state index is -0.661. The molecule has 124 valence electrons. The van der Waals surface area contributed by atoms with Gasteiger partial charge in [0.1, 0.15) is 11.6 Å². The highest BCUT2D eigenvalue weighted by molar-refractivity contribution is 6.02. The molecule has 1 amide bonds. The first-order valence-electron chi connectivity index (χ1n) is 7.86. The topological polar surface area (TPSA) is 42.0 Å². The fourth-order valence-corrected chi connectivity index (χ4v) is 3.09. The zero-order valence-corrected chi connectivity index (χ0v) is 13.4. The molecule has 0 saturated carbocycles. The van der Waals surface area contributed by atoms with Crippen LogP contribution in [0.25, 0.3) is 22.3 Å². The quantitative estimate of drug-likeness (QED) is 0.760. The predicted molar refractivity (Wildman–Crippen MR) is 90.9 cm³/mol. The lowest BCUT2D eigenvalue weighted by Crippen LogP contribution is -2.12. The van der Waals surface area contributed by atoms with E-state index in [9.17, 15) is 13.6 Å². The molecular formula is C20H14F2N2O. The molecular weight excluding hydrogens is 322 g/mol. The van der Waals surface area contributed by atoms with Crippen LogP contribution in [0.15, 0.2) is 48.7 Å². The van der Waals surface area contributed by atoms with Gasteiger partial charge in [0.25, 0.3) is 5.91 Å². The van der Waals surface area contributed by atoms with Crippen LogP contribution < -0.4 is 5.32 Å². The summed E-state index contributed by atoms with van der Waals surface area (Å²) in [5.41, 5.74) is 4.72. The Morgan fingerprint density at radius 1 is 0.960 bits per heavy atom. The highest BCUT2D eigenvalue weighted by Crippen LogP contribution is 2.35. The van der Waals surface area contributed by atoms with Crippen LogP contribution in [0, 0.1) is 18.6 Å². The Morgan fingerprint density at radius 3 is 2.48 bits per heavy atom. The van der Waals surface area contributed by atoms with Gasteiger partial charge in [-0.15, -0.1) is 0 Å². The summed E-state index contributed by atoms with van der Waals surface area (Å²) in [5, 5.41) is 2.80. The van der Waals surface area contributed by atoms with Gasteiger partial charge in [-0.05, 0) is 53.9 Å². The normalized spacial score (nSPS) is 12.8. The third-order valence-corrected chi connectivity index (χ3v) is 4.38. The van der Waals surface area contributed by atoms with Crippen molar-refractivity contribution in [2.75, 3.05) is 0 Å². The minimum absolute atomic E-state index is 0.194. The minimum Gasteiger partial charge on any atom is -0.348 e. The molecule has 3 nitrogen and oxygen atoms in total. The highest BCUT2D eigenvalue weighted by Gasteiger charge is 2.24. The summed E-state index contributed by atoms with van der Waals surface area (Å²) < 4.78 is 27.4. The molecule has 0 spiro atoms. The maximum Gasteiger partial charge on any atom is 0.251 e. The van der Waals surface area contributed by atoms with Crippen molar-refractivity contribution < 1.29 is 13.6 Å². The van der Waals surface area contributed by atoms with E-state index in [0.717, 1.165) is 28.5 Å². The number of carbonyl (C=O) groups excluding carboxylic acids is 1. The van der Waals surface area contributed by atoms with E-state index in [1.807, 2.05) is 25.1 Å². The Bertz CT molecular complexity index is 997. The van der Waals surface area contributed by atoms with Gasteiger partial charge in [-0.25, -0.2) is 8.78 Å². The van der Waals surface area contributed by atoms with E-state index in [-0.39, 0.29) is 11.5 Å². The number of hydrogen-bond acceptors (Lipinski definition) is 2. The van der Waals surface area contributed by atoms with Crippen LogP contribution in [0.1, 0.15) is 21.6 Å². The summed E-state index contributed by atoms with van der Waals surface area (Å²) >= 11 is 0. The van der Waals surface area contributed by atoms with Gasteiger partial charge in [-0.3, -0.25) is 9.78 Å². The van der Waals surface area contributed by atoms with Crippen molar-refractivity contribution in [1.82, 2.24) is 10.3 Å². The van der Waals surface area contributed by atoms with Crippen molar-refractivity contribution >= 4 is 5.91 Å². The molecule has 0 saturated heterocycles. The van der Waals surface area contributed by atoms with Gasteiger partial charge in [0.15, 0.2) is 0 Å². The molecule has 0 atom stereocenters. The molecule has 0 radical (unpaired) electrons. The van der Waals surface area contributed by atoms with Crippen molar-refractivity contribution in [2.45, 2.75) is 13.5 Å². The first-order valence-corrected chi connectivity index (χ1v) is 7.86. The number of amides is 1. The van der Waals surface area contributed by atoms with E-state index in [1.54, 1.807) is 12.3 Å². The summed E-state index contributed by atoms with van der Waals surface area (Å²) in [6.07, 6.45) is 1.73. The Hall–Kier alpha value is -3.08. The second-order valence-corrected chi connectivity index (χ2v) is 6.05. The van der Waals surface area contributed by atoms with Gasteiger partial charge in [0.2, 0.25) is 0 Å². The summed E-state index contributed by atoms with van der Waals surface area (Å²) in [7, 11) is 0. The lowest BCUT2D eigenvalue weighted by Gasteiger charge is -2.12. The number of aromatic nitrogens is 1. The lowest BCUT2D eigenvalue weighted by molar-refractivity contribution is 0.0966. The monoisotopic (exact) mass is 336 g/mol. The van der Waals surface area contributed by atoms with Crippen molar-refractivity contribution in [3.8, 4) is 22.3 Å². The van der Waals surface area contributed by atoms with Crippen LogP contribution in [0.2, 0.25) is 0 Å². The smallest absolute Gasteiger partial charge is 0.251 e. The Morgan fingerprint density at radius 2 is 1.76 bits per heavy atom. The summed E-state index contributed by atoms with van der Waals surface area (Å²) in [6, 6.07) is 10.7. The van der Waals surface area contributed by atoms with Crippen molar-refractivity contribution in [1.29, 1.82) is 0 Å². The number of benzene rings is 2. The van der Waals surface area contributed by atoms with Crippen LogP contribution in [0.3, 0.4) is 0 Å². The average molecular weight is 336 g/mol. The van der Waals surface area contributed by atoms with Gasteiger partial charge in [0, 0.05) is 41.2 Å². The fraction of sp³-hybridized carbons (Fsp3) is 0.100. The summed E-state index contributed by atoms with van der Waals surface area (Å²) in [4.78, 5) is 16.4. The van der Waals surface area contributed by atoms with Crippen molar-refractivity contribution in [3.05, 3.63) is 77.1 Å². The van der Waals surface area contributed by atoms with E-state index in [4.69, 9.17) is 0 Å². The highest BCUT2D eigenvalue weighted by atomic mass is 19.1. The van der Waals surface area contributed by atoms with Gasteiger partial charge >= 0.3 is 0 Å². The third-order valence-electron chi connectivity index (χ3n) is 4.38. The molecule has 5 heteroatoms. The van der Waals surface area contributed by atoms with Crippen LogP contribution in [-0.2, 0) is 6.54 Å². The van der Waals surface area contributed by atoms with Gasteiger partial charge in [0.05, 0.1) is 0 Å². The van der Waals surface area contributed by atoms with Crippen molar-refractivity contribution in [2.24, 2.45) is 0 Å². The van der Waals surface area contributed by atoms with E-state index < -0.39 is 11.6 Å². The van der Waals surface area contributed by atoms with Gasteiger partial charge in [-0.1, -0.05) is 6.07 Å². The molecule has 4 rings (SSSR count). The molecule has 1 N–H and O–H groups in total. The third kappa shape index (κ3) is 2.67. The van der Waals surface area contributed by atoms with Crippen LogP contribution >= 0.6 is 0 Å². The molecule has 2 heterocycles. The number of halogens is 2. The van der Waals surface area contributed by atoms with E-state index in [1.165, 1.54) is 12.1 Å². The number of fused-ring (bicyclic) bond motifs is 1. The summed E-state index contributed by atoms with van der Waals surface area (Å²) in [5.74, 6) is -1.49. The molecule has 0 unspecified atom stereocenters. The van der Waals surface area contributed by atoms with Crippen LogP contribution in [0.5, 0.6) is 0 Å². The molecule has 0 fully saturated rings. The molecule has 1 aliphatic heterocycles. The van der Waals surface area contributed by atoms with E-state index in [0.29, 0.717) is 17.7 Å². The molecule has 0 bridgehead atoms. The average Bonchev–Trinajstić information content (AvgIpc) is 2.96. The maximum atomic E-state index is 14.2. The number of nitrogens with zero attached hydrogens (tertiary/aromatic N) is 1. The first-order chi connectivity index (χ1) is 12.0. The molecule has 2 aromatic carbocycles. The number of aryl methyl sites for hydroxylation is 1. The largest absolute Gasteiger partial charge is 0.348 e. The van der Waals surface area contributed by atoms with Crippen LogP contribution in [-0.4, -0.2) is 10.9 Å². The molecule has 1 aliphatic rings. The van der Waals surface area contributed by atoms with E-state index in [2.05, 4.69) is 10.3 Å². The number of carbonyl (C=O) groups is 1. The number of hydrogen-bond donors (Lipinski definition) is 1. The summed E-state index contributed by atoms with van der Waals surface area (Å²) in [6.45, 7) is 2.31. The molecule has 0 aliphatic carbocycles. The SMILES string of the molecule is Cc1ccc(-c2cc(-c3ccc(F)cc3F)cc3c2CNC3=O)cn1. The standard InChI is InChI=1S/C20H14F2N2O/c1-11-2-3-12(9-23-11)16-6-13(7-17-18(16)10-24-20(17)25)15-5-4-14(21)8-19(15)22/h2-9H,10H2,1H3,(H,24,25). The molecule has 3 aromatic rings. The Labute approximate surface area is 143 Å². The number of pyridine rings is 1. The predicted octanol–water partition coefficient (Wildman–Crippen LogP) is 4.25. The van der Waals surface area contributed by atoms with Gasteiger partial charge in [-0.2, -0.15) is 0 Å². The van der Waals surface area contributed by atoms with Crippen molar-refractivity contribution in [3.63, 3.8) is 0 Å². The molecule has 1 aromatic heterocycles. The Balaban J connectivity index is 1.95. The fourth-order valence-electron chi connectivity index (χ4n) is 3.09.